The summed E-state index contributed by atoms with van der Waals surface area (Å²) in [5.74, 6) is -0.0221. The number of furan rings is 1. The van der Waals surface area contributed by atoms with E-state index in [1.165, 1.54) is 6.26 Å². The fourth-order valence-electron chi connectivity index (χ4n) is 3.86. The first-order valence-electron chi connectivity index (χ1n) is 10.4. The summed E-state index contributed by atoms with van der Waals surface area (Å²) in [6, 6.07) is 8.26. The highest BCUT2D eigenvalue weighted by atomic mass is 32.1. The number of carbonyl (C=O) groups is 2. The molecule has 0 aliphatic carbocycles. The van der Waals surface area contributed by atoms with Crippen molar-refractivity contribution in [3.63, 3.8) is 0 Å². The molecule has 2 amide bonds. The molecule has 33 heavy (non-hydrogen) atoms. The number of rotatable bonds is 6. The molecule has 1 aromatic carbocycles. The number of ether oxygens (including phenoxy) is 1. The second-order valence-electron chi connectivity index (χ2n) is 7.67. The summed E-state index contributed by atoms with van der Waals surface area (Å²) in [7, 11) is 0. The Kier molecular flexibility index (Phi) is 5.83. The maximum absolute atomic E-state index is 12.8. The van der Waals surface area contributed by atoms with Gasteiger partial charge in [-0.05, 0) is 55.4 Å². The molecule has 0 radical (unpaired) electrons. The van der Waals surface area contributed by atoms with Gasteiger partial charge in [0, 0.05) is 18.7 Å². The van der Waals surface area contributed by atoms with Gasteiger partial charge in [-0.3, -0.25) is 18.8 Å². The molecule has 5 rings (SSSR count). The van der Waals surface area contributed by atoms with Gasteiger partial charge in [0.25, 0.3) is 17.4 Å². The van der Waals surface area contributed by atoms with Gasteiger partial charge in [0.05, 0.1) is 29.8 Å². The summed E-state index contributed by atoms with van der Waals surface area (Å²) in [5.41, 5.74) is 0.756. The number of fused-ring (bicyclic) bond motifs is 3. The molecule has 3 aromatic heterocycles. The number of benzene rings is 1. The molecule has 170 valence electrons. The molecule has 9 nitrogen and oxygen atoms in total. The fraction of sp³-hybridized carbons (Fsp3) is 0.273. The van der Waals surface area contributed by atoms with Crippen molar-refractivity contribution in [1.82, 2.24) is 20.0 Å². The van der Waals surface area contributed by atoms with E-state index in [2.05, 4.69) is 15.6 Å². The largest absolute Gasteiger partial charge is 0.467 e. The van der Waals surface area contributed by atoms with Crippen LogP contribution in [0, 0.1) is 3.95 Å². The van der Waals surface area contributed by atoms with E-state index in [9.17, 15) is 14.4 Å². The smallest absolute Gasteiger partial charge is 0.265 e. The average molecular weight is 485 g/mol. The van der Waals surface area contributed by atoms with Crippen molar-refractivity contribution in [2.45, 2.75) is 25.5 Å². The third kappa shape index (κ3) is 4.22. The molecule has 1 saturated heterocycles. The lowest BCUT2D eigenvalue weighted by molar-refractivity contribution is 0.0861. The van der Waals surface area contributed by atoms with Crippen LogP contribution in [0.3, 0.4) is 0 Å². The van der Waals surface area contributed by atoms with Crippen LogP contribution < -0.4 is 16.2 Å². The number of nitrogens with one attached hydrogen (secondary N) is 3. The Hall–Kier alpha value is -3.28. The molecule has 1 aliphatic heterocycles. The van der Waals surface area contributed by atoms with Gasteiger partial charge < -0.3 is 24.8 Å². The molecule has 0 bridgehead atoms. The monoisotopic (exact) mass is 484 g/mol. The van der Waals surface area contributed by atoms with E-state index in [0.29, 0.717) is 49.9 Å². The van der Waals surface area contributed by atoms with E-state index in [1.54, 1.807) is 34.7 Å². The number of aromatic nitrogens is 2. The summed E-state index contributed by atoms with van der Waals surface area (Å²) in [6.45, 7) is 1.33. The number of amides is 2. The van der Waals surface area contributed by atoms with E-state index in [-0.39, 0.29) is 30.0 Å². The van der Waals surface area contributed by atoms with Gasteiger partial charge in [-0.15, -0.1) is 0 Å². The van der Waals surface area contributed by atoms with Crippen LogP contribution >= 0.6 is 23.6 Å². The van der Waals surface area contributed by atoms with Crippen LogP contribution in [-0.4, -0.2) is 40.5 Å². The van der Waals surface area contributed by atoms with Crippen LogP contribution in [0.4, 0.5) is 0 Å². The fourth-order valence-corrected chi connectivity index (χ4v) is 5.16. The first-order chi connectivity index (χ1) is 16.0. The maximum atomic E-state index is 12.8. The molecular formula is C22H20N4O5S2. The van der Waals surface area contributed by atoms with Crippen LogP contribution in [0.25, 0.3) is 16.6 Å². The first-order valence-corrected chi connectivity index (χ1v) is 11.7. The van der Waals surface area contributed by atoms with Gasteiger partial charge in [0.2, 0.25) is 0 Å². The molecule has 4 heterocycles. The molecule has 1 aliphatic rings. The number of hydrogen-bond donors (Lipinski definition) is 3. The predicted molar refractivity (Wildman–Crippen MR) is 125 cm³/mol. The number of hydrogen-bond acceptors (Lipinski definition) is 7. The van der Waals surface area contributed by atoms with Crippen molar-refractivity contribution >= 4 is 51.9 Å². The molecule has 3 N–H and O–H groups in total. The first kappa shape index (κ1) is 21.6. The van der Waals surface area contributed by atoms with Gasteiger partial charge in [-0.25, -0.2) is 0 Å². The van der Waals surface area contributed by atoms with Crippen LogP contribution in [0.2, 0.25) is 0 Å². The van der Waals surface area contributed by atoms with Crippen molar-refractivity contribution in [1.29, 1.82) is 0 Å². The molecule has 0 saturated carbocycles. The minimum atomic E-state index is -0.367. The molecule has 11 heteroatoms. The third-order valence-electron chi connectivity index (χ3n) is 5.51. The topological polar surface area (TPSA) is 118 Å². The van der Waals surface area contributed by atoms with Crippen molar-refractivity contribution in [3.05, 3.63) is 67.1 Å². The predicted octanol–water partition coefficient (Wildman–Crippen LogP) is 3.00. The van der Waals surface area contributed by atoms with Crippen LogP contribution in [0.1, 0.15) is 38.6 Å². The third-order valence-corrected chi connectivity index (χ3v) is 6.88. The van der Waals surface area contributed by atoms with Gasteiger partial charge in [0.1, 0.15) is 16.3 Å². The Morgan fingerprint density at radius 2 is 2.12 bits per heavy atom. The quantitative estimate of drug-likeness (QED) is 0.362. The van der Waals surface area contributed by atoms with Gasteiger partial charge >= 0.3 is 0 Å². The van der Waals surface area contributed by atoms with Gasteiger partial charge in [-0.2, -0.15) is 0 Å². The zero-order valence-corrected chi connectivity index (χ0v) is 19.0. The highest BCUT2D eigenvalue weighted by Crippen LogP contribution is 2.23. The van der Waals surface area contributed by atoms with E-state index in [4.69, 9.17) is 21.4 Å². The highest BCUT2D eigenvalue weighted by molar-refractivity contribution is 7.73. The number of carbonyl (C=O) groups excluding carboxylic acids is 2. The minimum Gasteiger partial charge on any atom is -0.467 e. The Labute approximate surface area is 196 Å². The summed E-state index contributed by atoms with van der Waals surface area (Å²) in [4.78, 5) is 41.3. The zero-order valence-electron chi connectivity index (χ0n) is 17.4. The van der Waals surface area contributed by atoms with Crippen LogP contribution in [0.5, 0.6) is 0 Å². The number of thiazole rings is 1. The molecule has 1 atom stereocenters. The molecule has 4 aromatic rings. The molecule has 1 unspecified atom stereocenters. The van der Waals surface area contributed by atoms with Crippen molar-refractivity contribution < 1.29 is 18.7 Å². The Morgan fingerprint density at radius 3 is 2.88 bits per heavy atom. The number of H-pyrrole nitrogens is 1. The molecule has 0 spiro atoms. The number of aromatic amines is 1. The lowest BCUT2D eigenvalue weighted by Crippen LogP contribution is -2.31. The molecular weight excluding hydrogens is 464 g/mol. The maximum Gasteiger partial charge on any atom is 0.265 e. The Morgan fingerprint density at radius 1 is 1.24 bits per heavy atom. The SMILES string of the molecule is O=C(NCc1ccco1)c1ccc2c(=O)[nH]c3c(C(=O)NCC4CCCO4)sc(=S)n3c2c1. The summed E-state index contributed by atoms with van der Waals surface area (Å²) in [6.07, 6.45) is 3.41. The van der Waals surface area contributed by atoms with Crippen molar-refractivity contribution in [2.24, 2.45) is 0 Å². The second kappa shape index (κ2) is 8.93. The van der Waals surface area contributed by atoms with Gasteiger partial charge in [0.15, 0.2) is 3.95 Å². The second-order valence-corrected chi connectivity index (χ2v) is 9.32. The summed E-state index contributed by atoms with van der Waals surface area (Å²) < 4.78 is 12.8. The lowest BCUT2D eigenvalue weighted by Gasteiger charge is -2.10. The summed E-state index contributed by atoms with van der Waals surface area (Å²) >= 11 is 6.62. The molecule has 1 fully saturated rings. The standard InChI is InChI=1S/C22H20N4O5S2/c27-19(23-10-13-3-1-7-30-13)12-5-6-15-16(9-12)26-18(25-20(15)28)17(33-22(26)32)21(29)24-11-14-4-2-8-31-14/h1,3,5-7,9,14H,2,4,8,10-11H2,(H,23,27)(H,24,29)(H,25,28). The zero-order chi connectivity index (χ0) is 22.9. The number of nitrogens with zero attached hydrogens (tertiary/aromatic N) is 1. The van der Waals surface area contributed by atoms with E-state index in [1.807, 2.05) is 0 Å². The normalized spacial score (nSPS) is 15.8. The van der Waals surface area contributed by atoms with Crippen LogP contribution in [0.15, 0.2) is 45.8 Å². The Bertz CT molecular complexity index is 1460. The van der Waals surface area contributed by atoms with Crippen molar-refractivity contribution in [2.75, 3.05) is 13.2 Å². The average Bonchev–Trinajstić information content (AvgIpc) is 3.58. The highest BCUT2D eigenvalue weighted by Gasteiger charge is 2.21. The minimum absolute atomic E-state index is 0.00192. The van der Waals surface area contributed by atoms with E-state index in [0.717, 1.165) is 24.2 Å². The summed E-state index contributed by atoms with van der Waals surface area (Å²) in [5, 5.41) is 6.01. The van der Waals surface area contributed by atoms with Crippen molar-refractivity contribution in [3.8, 4) is 0 Å². The van der Waals surface area contributed by atoms with Gasteiger partial charge in [-0.1, -0.05) is 11.3 Å². The Balaban J connectivity index is 1.49. The van der Waals surface area contributed by atoms with E-state index < -0.39 is 0 Å². The lowest BCUT2D eigenvalue weighted by atomic mass is 10.1. The van der Waals surface area contributed by atoms with Crippen LogP contribution in [-0.2, 0) is 11.3 Å². The van der Waals surface area contributed by atoms with E-state index >= 15 is 0 Å².